The Balaban J connectivity index is 1.60. The van der Waals surface area contributed by atoms with E-state index in [2.05, 4.69) is 19.9 Å². The minimum Gasteiger partial charge on any atom is -0.478 e. The molecule has 1 fully saturated rings. The number of hydrogen-bond acceptors (Lipinski definition) is 2. The maximum Gasteiger partial charge on any atom is 0.335 e. The number of amides is 1. The zero-order valence-electron chi connectivity index (χ0n) is 18.0. The van der Waals surface area contributed by atoms with Gasteiger partial charge in [-0.1, -0.05) is 67.9 Å². The van der Waals surface area contributed by atoms with Crippen LogP contribution < -0.4 is 4.90 Å². The molecule has 1 heterocycles. The van der Waals surface area contributed by atoms with E-state index >= 15 is 0 Å². The van der Waals surface area contributed by atoms with E-state index in [0.29, 0.717) is 11.6 Å². The number of halogens is 1. The number of carboxylic acids is 1. The molecule has 1 saturated carbocycles. The second-order valence-electron chi connectivity index (χ2n) is 9.13. The minimum atomic E-state index is -0.972. The molecular weight excluding hydrogens is 422 g/mol. The highest BCUT2D eigenvalue weighted by Gasteiger charge is 2.77. The van der Waals surface area contributed by atoms with Crippen molar-refractivity contribution in [2.45, 2.75) is 37.6 Å². The Morgan fingerprint density at radius 2 is 1.78 bits per heavy atom. The molecule has 1 spiro atoms. The summed E-state index contributed by atoms with van der Waals surface area (Å²) >= 11 is 6.15. The number of carbonyl (C=O) groups is 2. The van der Waals surface area contributed by atoms with Crippen molar-refractivity contribution in [3.8, 4) is 0 Å². The summed E-state index contributed by atoms with van der Waals surface area (Å²) in [5.74, 6) is -0.640. The maximum atomic E-state index is 14.1. The molecule has 1 aliphatic heterocycles. The molecule has 4 nitrogen and oxygen atoms in total. The Hall–Kier alpha value is -3.11. The molecular formula is C27H24ClNO3. The molecule has 5 rings (SSSR count). The van der Waals surface area contributed by atoms with Gasteiger partial charge in [-0.3, -0.25) is 4.79 Å². The van der Waals surface area contributed by atoms with Crippen LogP contribution in [0.15, 0.2) is 72.8 Å². The average Bonchev–Trinajstić information content (AvgIpc) is 3.45. The van der Waals surface area contributed by atoms with Gasteiger partial charge in [0.1, 0.15) is 0 Å². The van der Waals surface area contributed by atoms with E-state index in [9.17, 15) is 14.7 Å². The fourth-order valence-corrected chi connectivity index (χ4v) is 5.90. The molecule has 1 amide bonds. The Bertz CT molecular complexity index is 1240. The number of carboxylic acid groups (broad SMARTS) is 1. The van der Waals surface area contributed by atoms with Crippen LogP contribution in [0.3, 0.4) is 0 Å². The van der Waals surface area contributed by atoms with Crippen molar-refractivity contribution in [3.05, 3.63) is 100 Å². The number of hydrogen-bond donors (Lipinski definition) is 1. The molecule has 2 atom stereocenters. The standard InChI is InChI=1S/C27H24ClNO3/c1-17(2)26(20-10-12-21(28)13-11-20)16-27(26)22-8-3-4-9-23(22)29(25(27)32)15-18-6-5-7-19(14-18)24(30)31/h3-14,17H,15-16H2,1-2H3,(H,30,31)/t26-,27-/m1/s1. The van der Waals surface area contributed by atoms with Crippen LogP contribution in [0.25, 0.3) is 0 Å². The van der Waals surface area contributed by atoms with Crippen molar-refractivity contribution >= 4 is 29.2 Å². The molecule has 162 valence electrons. The summed E-state index contributed by atoms with van der Waals surface area (Å²) in [6, 6.07) is 22.7. The molecule has 1 aliphatic carbocycles. The van der Waals surface area contributed by atoms with Gasteiger partial charge in [0, 0.05) is 16.1 Å². The molecule has 0 aromatic heterocycles. The first-order valence-corrected chi connectivity index (χ1v) is 11.2. The lowest BCUT2D eigenvalue weighted by Crippen LogP contribution is -2.38. The van der Waals surface area contributed by atoms with E-state index < -0.39 is 11.4 Å². The number of carbonyl (C=O) groups excluding carboxylic acids is 1. The predicted molar refractivity (Wildman–Crippen MR) is 125 cm³/mol. The number of nitrogens with zero attached hydrogens (tertiary/aromatic N) is 1. The summed E-state index contributed by atoms with van der Waals surface area (Å²) in [4.78, 5) is 27.4. The third kappa shape index (κ3) is 2.75. The van der Waals surface area contributed by atoms with Crippen molar-refractivity contribution in [2.75, 3.05) is 4.90 Å². The summed E-state index contributed by atoms with van der Waals surface area (Å²) in [7, 11) is 0. The van der Waals surface area contributed by atoms with Gasteiger partial charge in [-0.05, 0) is 59.4 Å². The Labute approximate surface area is 192 Å². The topological polar surface area (TPSA) is 57.6 Å². The van der Waals surface area contributed by atoms with Crippen molar-refractivity contribution in [2.24, 2.45) is 5.92 Å². The largest absolute Gasteiger partial charge is 0.478 e. The van der Waals surface area contributed by atoms with Gasteiger partial charge in [0.25, 0.3) is 0 Å². The third-order valence-electron chi connectivity index (χ3n) is 7.31. The molecule has 32 heavy (non-hydrogen) atoms. The normalized spacial score (nSPS) is 23.6. The lowest BCUT2D eigenvalue weighted by Gasteiger charge is -2.27. The summed E-state index contributed by atoms with van der Waals surface area (Å²) < 4.78 is 0. The molecule has 3 aromatic rings. The van der Waals surface area contributed by atoms with E-state index in [1.54, 1.807) is 18.2 Å². The van der Waals surface area contributed by atoms with Crippen molar-refractivity contribution < 1.29 is 14.7 Å². The molecule has 2 aliphatic rings. The van der Waals surface area contributed by atoms with Gasteiger partial charge in [-0.25, -0.2) is 4.79 Å². The monoisotopic (exact) mass is 445 g/mol. The van der Waals surface area contributed by atoms with Crippen molar-refractivity contribution in [1.29, 1.82) is 0 Å². The Morgan fingerprint density at radius 1 is 1.06 bits per heavy atom. The van der Waals surface area contributed by atoms with Crippen LogP contribution in [-0.2, 0) is 22.2 Å². The van der Waals surface area contributed by atoms with Crippen LogP contribution in [0.4, 0.5) is 5.69 Å². The van der Waals surface area contributed by atoms with Gasteiger partial charge >= 0.3 is 5.97 Å². The first kappa shape index (κ1) is 20.8. The smallest absolute Gasteiger partial charge is 0.335 e. The second kappa shape index (κ2) is 7.21. The van der Waals surface area contributed by atoms with Gasteiger partial charge in [0.2, 0.25) is 5.91 Å². The lowest BCUT2D eigenvalue weighted by molar-refractivity contribution is -0.121. The fraction of sp³-hybridized carbons (Fsp3) is 0.259. The third-order valence-corrected chi connectivity index (χ3v) is 7.56. The fourth-order valence-electron chi connectivity index (χ4n) is 5.77. The Kier molecular flexibility index (Phi) is 4.68. The van der Waals surface area contributed by atoms with E-state index in [-0.39, 0.29) is 22.8 Å². The number of para-hydroxylation sites is 1. The molecule has 1 N–H and O–H groups in total. The lowest BCUT2D eigenvalue weighted by atomic mass is 9.75. The molecule has 0 unspecified atom stereocenters. The maximum absolute atomic E-state index is 14.1. The first-order valence-electron chi connectivity index (χ1n) is 10.8. The van der Waals surface area contributed by atoms with E-state index in [4.69, 9.17) is 11.6 Å². The van der Waals surface area contributed by atoms with E-state index in [1.807, 2.05) is 53.4 Å². The highest BCUT2D eigenvalue weighted by atomic mass is 35.5. The highest BCUT2D eigenvalue weighted by molar-refractivity contribution is 6.30. The molecule has 3 aromatic carbocycles. The average molecular weight is 446 g/mol. The minimum absolute atomic E-state index is 0.0862. The van der Waals surface area contributed by atoms with Crippen LogP contribution in [0.1, 0.15) is 47.3 Å². The summed E-state index contributed by atoms with van der Waals surface area (Å²) in [6.45, 7) is 4.70. The zero-order valence-corrected chi connectivity index (χ0v) is 18.8. The van der Waals surface area contributed by atoms with Crippen LogP contribution in [0, 0.1) is 5.92 Å². The van der Waals surface area contributed by atoms with Crippen LogP contribution >= 0.6 is 11.6 Å². The summed E-state index contributed by atoms with van der Waals surface area (Å²) in [5.41, 5.74) is 3.21. The second-order valence-corrected chi connectivity index (χ2v) is 9.57. The number of aromatic carboxylic acids is 1. The van der Waals surface area contributed by atoms with Gasteiger partial charge in [0.15, 0.2) is 0 Å². The predicted octanol–water partition coefficient (Wildman–Crippen LogP) is 5.82. The number of fused-ring (bicyclic) bond motifs is 2. The molecule has 5 heteroatoms. The molecule has 0 bridgehead atoms. The van der Waals surface area contributed by atoms with E-state index in [0.717, 1.165) is 28.8 Å². The quantitative estimate of drug-likeness (QED) is 0.538. The SMILES string of the molecule is CC(C)[C@@]1(c2ccc(Cl)cc2)C[C@@]12C(=O)N(Cc1cccc(C(=O)O)c1)c1ccccc12. The van der Waals surface area contributed by atoms with Crippen LogP contribution in [0.5, 0.6) is 0 Å². The Morgan fingerprint density at radius 3 is 2.47 bits per heavy atom. The highest BCUT2D eigenvalue weighted by Crippen LogP contribution is 2.73. The number of benzene rings is 3. The van der Waals surface area contributed by atoms with Crippen LogP contribution in [-0.4, -0.2) is 17.0 Å². The van der Waals surface area contributed by atoms with Gasteiger partial charge in [-0.2, -0.15) is 0 Å². The summed E-state index contributed by atoms with van der Waals surface area (Å²) in [6.07, 6.45) is 0.751. The molecule has 0 radical (unpaired) electrons. The zero-order chi connectivity index (χ0) is 22.7. The van der Waals surface area contributed by atoms with Crippen molar-refractivity contribution in [1.82, 2.24) is 0 Å². The first-order chi connectivity index (χ1) is 15.3. The van der Waals surface area contributed by atoms with Crippen molar-refractivity contribution in [3.63, 3.8) is 0 Å². The van der Waals surface area contributed by atoms with Gasteiger partial charge < -0.3 is 10.0 Å². The number of rotatable bonds is 5. The summed E-state index contributed by atoms with van der Waals surface area (Å²) in [5, 5.41) is 10.0. The molecule has 0 saturated heterocycles. The van der Waals surface area contributed by atoms with Gasteiger partial charge in [0.05, 0.1) is 17.5 Å². The van der Waals surface area contributed by atoms with Crippen LogP contribution in [0.2, 0.25) is 5.02 Å². The van der Waals surface area contributed by atoms with Gasteiger partial charge in [-0.15, -0.1) is 0 Å². The number of anilines is 1. The van der Waals surface area contributed by atoms with E-state index in [1.165, 1.54) is 0 Å².